The molecule has 1 saturated carbocycles. The van der Waals surface area contributed by atoms with E-state index in [1.807, 2.05) is 0 Å². The number of rotatable bonds is 5. The molecule has 1 amide bonds. The van der Waals surface area contributed by atoms with E-state index in [-0.39, 0.29) is 18.6 Å². The Balaban J connectivity index is 1.70. The molecule has 17 heavy (non-hydrogen) atoms. The molecular weight excluding hydrogens is 216 g/mol. The quantitative estimate of drug-likeness (QED) is 0.759. The van der Waals surface area contributed by atoms with Gasteiger partial charge in [0, 0.05) is 18.1 Å². The predicted molar refractivity (Wildman–Crippen MR) is 66.8 cm³/mol. The van der Waals surface area contributed by atoms with E-state index in [2.05, 4.69) is 24.5 Å². The summed E-state index contributed by atoms with van der Waals surface area (Å²) in [6.45, 7) is 4.59. The van der Waals surface area contributed by atoms with Gasteiger partial charge in [0.25, 0.3) is 0 Å². The summed E-state index contributed by atoms with van der Waals surface area (Å²) in [7, 11) is 0. The summed E-state index contributed by atoms with van der Waals surface area (Å²) in [6, 6.07) is 1.39. The van der Waals surface area contributed by atoms with Gasteiger partial charge in [-0.15, -0.1) is 0 Å². The average Bonchev–Trinajstić information content (AvgIpc) is 3.11. The third-order valence-electron chi connectivity index (χ3n) is 3.64. The SMILES string of the molecule is CCC1NC(C)CCC1OCC(=O)NC1CC1. The molecule has 4 heteroatoms. The van der Waals surface area contributed by atoms with Gasteiger partial charge in [0.05, 0.1) is 6.10 Å². The predicted octanol–water partition coefficient (Wildman–Crippen LogP) is 1.20. The lowest BCUT2D eigenvalue weighted by atomic mass is 9.95. The van der Waals surface area contributed by atoms with Crippen molar-refractivity contribution in [2.75, 3.05) is 6.61 Å². The molecular formula is C13H24N2O2. The summed E-state index contributed by atoms with van der Waals surface area (Å²) >= 11 is 0. The van der Waals surface area contributed by atoms with Gasteiger partial charge in [0.15, 0.2) is 0 Å². The van der Waals surface area contributed by atoms with Crippen molar-refractivity contribution in [1.29, 1.82) is 0 Å². The Morgan fingerprint density at radius 1 is 1.35 bits per heavy atom. The maximum Gasteiger partial charge on any atom is 0.246 e. The fraction of sp³-hybridized carbons (Fsp3) is 0.923. The summed E-state index contributed by atoms with van der Waals surface area (Å²) in [5, 5.41) is 6.49. The minimum Gasteiger partial charge on any atom is -0.367 e. The first kappa shape index (κ1) is 12.8. The van der Waals surface area contributed by atoms with Crippen molar-refractivity contribution in [3.63, 3.8) is 0 Å². The lowest BCUT2D eigenvalue weighted by molar-refractivity contribution is -0.129. The van der Waals surface area contributed by atoms with Crippen LogP contribution in [0.5, 0.6) is 0 Å². The Hall–Kier alpha value is -0.610. The molecule has 1 saturated heterocycles. The Morgan fingerprint density at radius 2 is 2.12 bits per heavy atom. The third kappa shape index (κ3) is 3.96. The number of amides is 1. The zero-order valence-electron chi connectivity index (χ0n) is 10.9. The summed E-state index contributed by atoms with van der Waals surface area (Å²) < 4.78 is 5.75. The van der Waals surface area contributed by atoms with Crippen molar-refractivity contribution >= 4 is 5.91 Å². The van der Waals surface area contributed by atoms with Crippen molar-refractivity contribution in [3.8, 4) is 0 Å². The molecule has 4 nitrogen and oxygen atoms in total. The van der Waals surface area contributed by atoms with Crippen molar-refractivity contribution in [1.82, 2.24) is 10.6 Å². The second-order valence-corrected chi connectivity index (χ2v) is 5.35. The topological polar surface area (TPSA) is 50.4 Å². The van der Waals surface area contributed by atoms with E-state index in [4.69, 9.17) is 4.74 Å². The lowest BCUT2D eigenvalue weighted by Crippen LogP contribution is -2.50. The van der Waals surface area contributed by atoms with Crippen LogP contribution in [0.25, 0.3) is 0 Å². The summed E-state index contributed by atoms with van der Waals surface area (Å²) in [5.41, 5.74) is 0. The highest BCUT2D eigenvalue weighted by molar-refractivity contribution is 5.77. The number of carbonyl (C=O) groups excluding carboxylic acids is 1. The van der Waals surface area contributed by atoms with E-state index in [1.54, 1.807) is 0 Å². The monoisotopic (exact) mass is 240 g/mol. The van der Waals surface area contributed by atoms with Gasteiger partial charge in [0.1, 0.15) is 6.61 Å². The summed E-state index contributed by atoms with van der Waals surface area (Å²) in [4.78, 5) is 11.5. The fourth-order valence-corrected chi connectivity index (χ4v) is 2.43. The standard InChI is InChI=1S/C13H24N2O2/c1-3-11-12(7-4-9(2)14-11)17-8-13(16)15-10-5-6-10/h9-12,14H,3-8H2,1-2H3,(H,15,16). The van der Waals surface area contributed by atoms with Crippen LogP contribution in [0.15, 0.2) is 0 Å². The van der Waals surface area contributed by atoms with E-state index < -0.39 is 0 Å². The first-order chi connectivity index (χ1) is 8.19. The van der Waals surface area contributed by atoms with Gasteiger partial charge in [-0.1, -0.05) is 6.92 Å². The maximum absolute atomic E-state index is 11.5. The van der Waals surface area contributed by atoms with Gasteiger partial charge in [-0.3, -0.25) is 4.79 Å². The number of ether oxygens (including phenoxy) is 1. The molecule has 0 bridgehead atoms. The molecule has 3 unspecified atom stereocenters. The average molecular weight is 240 g/mol. The molecule has 0 spiro atoms. The molecule has 1 aliphatic heterocycles. The van der Waals surface area contributed by atoms with Crippen molar-refractivity contribution in [2.45, 2.75) is 70.2 Å². The van der Waals surface area contributed by atoms with Crippen LogP contribution in [0.4, 0.5) is 0 Å². The molecule has 0 radical (unpaired) electrons. The molecule has 2 N–H and O–H groups in total. The second kappa shape index (κ2) is 5.83. The van der Waals surface area contributed by atoms with E-state index >= 15 is 0 Å². The second-order valence-electron chi connectivity index (χ2n) is 5.35. The van der Waals surface area contributed by atoms with Crippen LogP contribution in [0, 0.1) is 0 Å². The molecule has 0 aromatic rings. The summed E-state index contributed by atoms with van der Waals surface area (Å²) in [5.74, 6) is 0.0426. The molecule has 0 aromatic carbocycles. The van der Waals surface area contributed by atoms with Gasteiger partial charge >= 0.3 is 0 Å². The molecule has 98 valence electrons. The van der Waals surface area contributed by atoms with Crippen LogP contribution >= 0.6 is 0 Å². The van der Waals surface area contributed by atoms with Crippen molar-refractivity contribution < 1.29 is 9.53 Å². The molecule has 3 atom stereocenters. The highest BCUT2D eigenvalue weighted by Gasteiger charge is 2.28. The molecule has 2 fully saturated rings. The smallest absolute Gasteiger partial charge is 0.246 e. The third-order valence-corrected chi connectivity index (χ3v) is 3.64. The number of hydrogen-bond donors (Lipinski definition) is 2. The number of nitrogens with one attached hydrogen (secondary N) is 2. The number of carbonyl (C=O) groups is 1. The molecule has 0 aromatic heterocycles. The van der Waals surface area contributed by atoms with Gasteiger partial charge < -0.3 is 15.4 Å². The minimum absolute atomic E-state index is 0.0426. The van der Waals surface area contributed by atoms with E-state index in [1.165, 1.54) is 0 Å². The Kier molecular flexibility index (Phi) is 4.40. The van der Waals surface area contributed by atoms with Gasteiger partial charge in [0.2, 0.25) is 5.91 Å². The fourth-order valence-electron chi connectivity index (χ4n) is 2.43. The minimum atomic E-state index is 0.0426. The first-order valence-electron chi connectivity index (χ1n) is 6.86. The molecule has 2 rings (SSSR count). The van der Waals surface area contributed by atoms with Crippen LogP contribution in [-0.4, -0.2) is 36.7 Å². The zero-order valence-corrected chi connectivity index (χ0v) is 10.9. The van der Waals surface area contributed by atoms with Crippen molar-refractivity contribution in [3.05, 3.63) is 0 Å². The highest BCUT2D eigenvalue weighted by atomic mass is 16.5. The molecule has 2 aliphatic rings. The number of piperidine rings is 1. The van der Waals surface area contributed by atoms with E-state index in [0.717, 1.165) is 32.1 Å². The van der Waals surface area contributed by atoms with Gasteiger partial charge in [-0.05, 0) is 39.0 Å². The van der Waals surface area contributed by atoms with E-state index in [0.29, 0.717) is 18.1 Å². The normalized spacial score (nSPS) is 33.4. The molecule has 1 heterocycles. The Labute approximate surface area is 103 Å². The van der Waals surface area contributed by atoms with Crippen LogP contribution in [0.2, 0.25) is 0 Å². The van der Waals surface area contributed by atoms with Crippen LogP contribution < -0.4 is 10.6 Å². The Morgan fingerprint density at radius 3 is 2.76 bits per heavy atom. The van der Waals surface area contributed by atoms with Gasteiger partial charge in [-0.25, -0.2) is 0 Å². The van der Waals surface area contributed by atoms with E-state index in [9.17, 15) is 4.79 Å². The zero-order chi connectivity index (χ0) is 12.3. The highest BCUT2D eigenvalue weighted by Crippen LogP contribution is 2.20. The van der Waals surface area contributed by atoms with Gasteiger partial charge in [-0.2, -0.15) is 0 Å². The lowest BCUT2D eigenvalue weighted by Gasteiger charge is -2.35. The Bertz CT molecular complexity index is 266. The molecule has 1 aliphatic carbocycles. The summed E-state index contributed by atoms with van der Waals surface area (Å²) in [6.07, 6.45) is 5.70. The van der Waals surface area contributed by atoms with Crippen LogP contribution in [0.1, 0.15) is 46.0 Å². The number of hydrogen-bond acceptors (Lipinski definition) is 3. The van der Waals surface area contributed by atoms with Crippen LogP contribution in [0.3, 0.4) is 0 Å². The van der Waals surface area contributed by atoms with Crippen LogP contribution in [-0.2, 0) is 9.53 Å². The maximum atomic E-state index is 11.5. The largest absolute Gasteiger partial charge is 0.367 e. The van der Waals surface area contributed by atoms with Crippen molar-refractivity contribution in [2.24, 2.45) is 0 Å². The first-order valence-corrected chi connectivity index (χ1v) is 6.86.